The monoisotopic (exact) mass is 477 g/mol. The lowest BCUT2D eigenvalue weighted by Crippen LogP contribution is -2.29. The number of benzene rings is 1. The molecule has 1 saturated carbocycles. The summed E-state index contributed by atoms with van der Waals surface area (Å²) in [6.07, 6.45) is 9.11. The normalized spacial score (nSPS) is 14.6. The van der Waals surface area contributed by atoms with Crippen LogP contribution in [0.25, 0.3) is 22.3 Å². The summed E-state index contributed by atoms with van der Waals surface area (Å²) in [5.41, 5.74) is 4.15. The summed E-state index contributed by atoms with van der Waals surface area (Å²) in [5.74, 6) is 7.56. The first kappa shape index (κ1) is 24.5. The average molecular weight is 478 g/mol. The zero-order valence-electron chi connectivity index (χ0n) is 20.7. The Morgan fingerprint density at radius 2 is 1.94 bits per heavy atom. The predicted molar refractivity (Wildman–Crippen MR) is 140 cm³/mol. The van der Waals surface area contributed by atoms with Gasteiger partial charge in [0.05, 0.1) is 29.5 Å². The van der Waals surface area contributed by atoms with Crippen LogP contribution < -0.4 is 9.46 Å². The Morgan fingerprint density at radius 3 is 2.53 bits per heavy atom. The summed E-state index contributed by atoms with van der Waals surface area (Å²) in [4.78, 5) is 5.59. The van der Waals surface area contributed by atoms with Crippen LogP contribution in [0.3, 0.4) is 0 Å². The van der Waals surface area contributed by atoms with E-state index in [-0.39, 0.29) is 6.04 Å². The van der Waals surface area contributed by atoms with Gasteiger partial charge in [-0.1, -0.05) is 44.7 Å². The highest BCUT2D eigenvalue weighted by Crippen LogP contribution is 2.42. The van der Waals surface area contributed by atoms with Crippen LogP contribution in [-0.4, -0.2) is 26.9 Å². The molecule has 3 aromatic rings. The van der Waals surface area contributed by atoms with Gasteiger partial charge in [-0.2, -0.15) is 0 Å². The van der Waals surface area contributed by atoms with Gasteiger partial charge < -0.3 is 9.30 Å². The van der Waals surface area contributed by atoms with Gasteiger partial charge in [-0.05, 0) is 62.3 Å². The van der Waals surface area contributed by atoms with Gasteiger partial charge in [-0.25, -0.2) is 13.9 Å². The molecule has 34 heavy (non-hydrogen) atoms. The largest absolute Gasteiger partial charge is 0.495 e. The summed E-state index contributed by atoms with van der Waals surface area (Å²) < 4.78 is 24.0. The summed E-state index contributed by atoms with van der Waals surface area (Å²) >= 11 is 0. The highest BCUT2D eigenvalue weighted by atomic mass is 32.2. The van der Waals surface area contributed by atoms with E-state index >= 15 is 0 Å². The topological polar surface area (TPSA) is 56.2 Å². The van der Waals surface area contributed by atoms with E-state index in [0.29, 0.717) is 6.04 Å². The van der Waals surface area contributed by atoms with E-state index in [0.717, 1.165) is 77.0 Å². The molecule has 1 atom stereocenters. The first-order chi connectivity index (χ1) is 16.6. The Balaban J connectivity index is 1.83. The van der Waals surface area contributed by atoms with Crippen LogP contribution in [0.15, 0.2) is 41.4 Å². The van der Waals surface area contributed by atoms with Gasteiger partial charge in [-0.3, -0.25) is 0 Å². The fourth-order valence-corrected chi connectivity index (χ4v) is 5.53. The van der Waals surface area contributed by atoms with Gasteiger partial charge in [-0.15, -0.1) is 0 Å². The van der Waals surface area contributed by atoms with E-state index in [1.54, 1.807) is 13.3 Å². The van der Waals surface area contributed by atoms with E-state index in [1.807, 2.05) is 12.1 Å². The van der Waals surface area contributed by atoms with E-state index in [9.17, 15) is 4.21 Å². The van der Waals surface area contributed by atoms with Crippen molar-refractivity contribution < 1.29 is 8.95 Å². The molecule has 1 aliphatic rings. The van der Waals surface area contributed by atoms with Crippen molar-refractivity contribution in [2.24, 2.45) is 0 Å². The molecule has 1 aliphatic carbocycles. The van der Waals surface area contributed by atoms with Crippen molar-refractivity contribution in [2.75, 3.05) is 7.11 Å². The van der Waals surface area contributed by atoms with Crippen LogP contribution in [0.4, 0.5) is 0 Å². The molecule has 1 N–H and O–H groups in total. The van der Waals surface area contributed by atoms with E-state index in [4.69, 9.17) is 9.72 Å². The lowest BCUT2D eigenvalue weighted by molar-refractivity contribution is 0.322. The van der Waals surface area contributed by atoms with Crippen molar-refractivity contribution in [3.8, 4) is 28.8 Å². The predicted octanol–water partition coefficient (Wildman–Crippen LogP) is 6.39. The standard InChI is InChI=1S/C28H35N3O2S/c1-5-8-9-13-25-26-18-23(33-4)19-29-28(26)31(22-11-10-12-22)27(25)20-14-16-24(17-15-20)34(32)30-21(6-2)7-3/h14-19,21-22,30H,5-8,10-12H2,1-4H3. The molecule has 0 radical (unpaired) electrons. The second-order valence-corrected chi connectivity index (χ2v) is 10.1. The van der Waals surface area contributed by atoms with Crippen molar-refractivity contribution in [1.29, 1.82) is 0 Å². The number of ether oxygens (including phenoxy) is 1. The molecule has 0 spiro atoms. The minimum atomic E-state index is -1.23. The van der Waals surface area contributed by atoms with Crippen molar-refractivity contribution in [1.82, 2.24) is 14.3 Å². The number of aromatic nitrogens is 2. The van der Waals surface area contributed by atoms with Gasteiger partial charge in [0, 0.05) is 23.9 Å². The van der Waals surface area contributed by atoms with Crippen molar-refractivity contribution in [3.63, 3.8) is 0 Å². The molecule has 1 aromatic carbocycles. The zero-order valence-corrected chi connectivity index (χ0v) is 21.5. The second-order valence-electron chi connectivity index (χ2n) is 8.90. The number of hydrogen-bond acceptors (Lipinski definition) is 3. The molecule has 2 heterocycles. The Morgan fingerprint density at radius 1 is 1.21 bits per heavy atom. The molecular weight excluding hydrogens is 442 g/mol. The van der Waals surface area contributed by atoms with Crippen LogP contribution in [0.1, 0.15) is 77.3 Å². The third-order valence-corrected chi connectivity index (χ3v) is 7.93. The lowest BCUT2D eigenvalue weighted by atomic mass is 9.92. The summed E-state index contributed by atoms with van der Waals surface area (Å²) in [5, 5.41) is 1.04. The molecule has 1 fully saturated rings. The number of rotatable bonds is 9. The Kier molecular flexibility index (Phi) is 8.07. The highest BCUT2D eigenvalue weighted by molar-refractivity contribution is 7.83. The first-order valence-electron chi connectivity index (χ1n) is 12.5. The third kappa shape index (κ3) is 4.92. The summed E-state index contributed by atoms with van der Waals surface area (Å²) in [6.45, 7) is 6.38. The Labute approximate surface area is 205 Å². The van der Waals surface area contributed by atoms with E-state index in [2.05, 4.69) is 60.1 Å². The third-order valence-electron chi connectivity index (χ3n) is 6.68. The number of methoxy groups -OCH3 is 1. The molecule has 0 amide bonds. The summed E-state index contributed by atoms with van der Waals surface area (Å²) in [6, 6.07) is 10.8. The van der Waals surface area contributed by atoms with Crippen molar-refractivity contribution in [3.05, 3.63) is 42.1 Å². The van der Waals surface area contributed by atoms with Crippen LogP contribution in [0, 0.1) is 11.8 Å². The van der Waals surface area contributed by atoms with Crippen LogP contribution in [0.5, 0.6) is 5.75 Å². The maximum atomic E-state index is 12.9. The fourth-order valence-electron chi connectivity index (χ4n) is 4.38. The molecule has 0 saturated heterocycles. The van der Waals surface area contributed by atoms with Crippen LogP contribution in [-0.2, 0) is 11.0 Å². The maximum absolute atomic E-state index is 12.9. The molecule has 180 valence electrons. The van der Waals surface area contributed by atoms with Crippen molar-refractivity contribution >= 4 is 22.0 Å². The Bertz CT molecular complexity index is 1210. The highest BCUT2D eigenvalue weighted by Gasteiger charge is 2.28. The smallest absolute Gasteiger partial charge is 0.142 e. The first-order valence-corrected chi connectivity index (χ1v) is 13.6. The molecular formula is C28H35N3O2S. The van der Waals surface area contributed by atoms with E-state index in [1.165, 1.54) is 6.42 Å². The van der Waals surface area contributed by atoms with Gasteiger partial charge in [0.2, 0.25) is 0 Å². The average Bonchev–Trinajstić information content (AvgIpc) is 3.14. The van der Waals surface area contributed by atoms with Gasteiger partial charge >= 0.3 is 0 Å². The molecule has 0 bridgehead atoms. The fraction of sp³-hybridized carbons (Fsp3) is 0.464. The van der Waals surface area contributed by atoms with Crippen LogP contribution in [0.2, 0.25) is 0 Å². The molecule has 4 rings (SSSR count). The number of nitrogens with one attached hydrogen (secondary N) is 1. The minimum Gasteiger partial charge on any atom is -0.495 e. The minimum absolute atomic E-state index is 0.253. The maximum Gasteiger partial charge on any atom is 0.142 e. The van der Waals surface area contributed by atoms with Gasteiger partial charge in [0.25, 0.3) is 0 Å². The lowest BCUT2D eigenvalue weighted by Gasteiger charge is -2.29. The molecule has 0 aliphatic heterocycles. The quantitative estimate of drug-likeness (QED) is 0.363. The SMILES string of the molecule is CCCC#Cc1c(-c2ccc(S(=O)NC(CC)CC)cc2)n(C2CCC2)c2ncc(OC)cc12. The molecule has 2 aromatic heterocycles. The zero-order chi connectivity index (χ0) is 24.1. The summed E-state index contributed by atoms with van der Waals surface area (Å²) in [7, 11) is 0.444. The Hall–Kier alpha value is -2.62. The van der Waals surface area contributed by atoms with E-state index < -0.39 is 11.0 Å². The molecule has 6 heteroatoms. The molecule has 1 unspecified atom stereocenters. The van der Waals surface area contributed by atoms with Crippen LogP contribution >= 0.6 is 0 Å². The number of nitrogens with zero attached hydrogens (tertiary/aromatic N) is 2. The van der Waals surface area contributed by atoms with Crippen molar-refractivity contribution in [2.45, 2.75) is 82.7 Å². The number of unbranched alkanes of at least 4 members (excludes halogenated alkanes) is 1. The number of fused-ring (bicyclic) bond motifs is 1. The number of pyridine rings is 1. The van der Waals surface area contributed by atoms with Gasteiger partial charge in [0.1, 0.15) is 22.4 Å². The van der Waals surface area contributed by atoms with Gasteiger partial charge in [0.15, 0.2) is 0 Å². The second kappa shape index (κ2) is 11.2. The number of hydrogen-bond donors (Lipinski definition) is 1. The molecule has 5 nitrogen and oxygen atoms in total.